The molecule has 3 aromatic carbocycles. The number of amides is 1. The molecular weight excluding hydrogens is 447 g/mol. The number of aromatic nitrogens is 3. The highest BCUT2D eigenvalue weighted by Crippen LogP contribution is 2.28. The van der Waals surface area contributed by atoms with E-state index in [-0.39, 0.29) is 17.6 Å². The minimum Gasteiger partial charge on any atom is -0.356 e. The van der Waals surface area contributed by atoms with Gasteiger partial charge in [-0.15, -0.1) is 16.4 Å². The number of thiazole rings is 1. The monoisotopic (exact) mass is 470 g/mol. The van der Waals surface area contributed by atoms with Gasteiger partial charge in [0.2, 0.25) is 10.9 Å². The Kier molecular flexibility index (Phi) is 6.44. The van der Waals surface area contributed by atoms with Crippen molar-refractivity contribution in [3.05, 3.63) is 113 Å². The van der Waals surface area contributed by atoms with Crippen molar-refractivity contribution in [2.45, 2.75) is 18.8 Å². The zero-order valence-corrected chi connectivity index (χ0v) is 19.2. The van der Waals surface area contributed by atoms with Crippen LogP contribution in [-0.4, -0.2) is 27.0 Å². The molecule has 0 aliphatic carbocycles. The van der Waals surface area contributed by atoms with Crippen LogP contribution in [0.4, 0.5) is 4.39 Å². The van der Waals surface area contributed by atoms with E-state index in [1.807, 2.05) is 41.8 Å². The maximum absolute atomic E-state index is 14.1. The molecule has 5 aromatic rings. The van der Waals surface area contributed by atoms with Crippen molar-refractivity contribution in [3.63, 3.8) is 0 Å². The van der Waals surface area contributed by atoms with Gasteiger partial charge in [0.25, 0.3) is 0 Å². The van der Waals surface area contributed by atoms with E-state index in [0.29, 0.717) is 35.7 Å². The van der Waals surface area contributed by atoms with Gasteiger partial charge in [-0.1, -0.05) is 72.8 Å². The second kappa shape index (κ2) is 9.97. The lowest BCUT2D eigenvalue weighted by atomic mass is 9.88. The summed E-state index contributed by atoms with van der Waals surface area (Å²) in [5.74, 6) is 0.00784. The molecule has 0 bridgehead atoms. The molecule has 0 spiro atoms. The molecule has 0 atom stereocenters. The Morgan fingerprint density at radius 1 is 0.941 bits per heavy atom. The van der Waals surface area contributed by atoms with Gasteiger partial charge in [0, 0.05) is 30.7 Å². The number of halogens is 1. The lowest BCUT2D eigenvalue weighted by Gasteiger charge is -2.18. The average Bonchev–Trinajstić information content (AvgIpc) is 3.45. The summed E-state index contributed by atoms with van der Waals surface area (Å²) >= 11 is 1.45. The molecule has 0 unspecified atom stereocenters. The van der Waals surface area contributed by atoms with E-state index in [4.69, 9.17) is 0 Å². The van der Waals surface area contributed by atoms with E-state index >= 15 is 0 Å². The lowest BCUT2D eigenvalue weighted by molar-refractivity contribution is -0.121. The predicted octanol–water partition coefficient (Wildman–Crippen LogP) is 5.48. The maximum Gasteiger partial charge on any atom is 0.220 e. The van der Waals surface area contributed by atoms with Crippen LogP contribution in [0.5, 0.6) is 0 Å². The molecule has 2 aromatic heterocycles. The highest BCUT2D eigenvalue weighted by molar-refractivity contribution is 7.15. The fourth-order valence-corrected chi connectivity index (χ4v) is 4.90. The molecule has 1 amide bonds. The summed E-state index contributed by atoms with van der Waals surface area (Å²) in [6.07, 6.45) is 0.973. The number of carbonyl (C=O) groups excluding carboxylic acids is 1. The standard InChI is InChI=1S/C27H23FN4OS/c28-24-14-8-7-13-22(24)26-30-27-32(31-26)21(18-34-27)15-16-29-25(33)17-23(19-9-3-1-4-10-19)20-11-5-2-6-12-20/h1-14,18,23H,15-17H2,(H,29,33). The normalized spacial score (nSPS) is 11.2. The zero-order chi connectivity index (χ0) is 23.3. The predicted molar refractivity (Wildman–Crippen MR) is 132 cm³/mol. The summed E-state index contributed by atoms with van der Waals surface area (Å²) in [6.45, 7) is 0.482. The van der Waals surface area contributed by atoms with Crippen LogP contribution in [0.25, 0.3) is 16.3 Å². The van der Waals surface area contributed by atoms with Crippen LogP contribution < -0.4 is 5.32 Å². The van der Waals surface area contributed by atoms with Crippen LogP contribution in [0, 0.1) is 5.82 Å². The summed E-state index contributed by atoms with van der Waals surface area (Å²) in [5.41, 5.74) is 3.54. The van der Waals surface area contributed by atoms with Crippen LogP contribution in [0.15, 0.2) is 90.3 Å². The molecule has 170 valence electrons. The second-order valence-electron chi connectivity index (χ2n) is 8.01. The first kappa shape index (κ1) is 22.0. The van der Waals surface area contributed by atoms with Gasteiger partial charge in [0.05, 0.1) is 11.3 Å². The van der Waals surface area contributed by atoms with Crippen molar-refractivity contribution in [2.24, 2.45) is 0 Å². The Labute approximate surface area is 200 Å². The van der Waals surface area contributed by atoms with Gasteiger partial charge >= 0.3 is 0 Å². The number of nitrogens with one attached hydrogen (secondary N) is 1. The first-order valence-corrected chi connectivity index (χ1v) is 12.0. The summed E-state index contributed by atoms with van der Waals surface area (Å²) in [4.78, 5) is 18.0. The third kappa shape index (κ3) is 4.75. The maximum atomic E-state index is 14.1. The van der Waals surface area contributed by atoms with E-state index in [1.54, 1.807) is 22.7 Å². The van der Waals surface area contributed by atoms with Crippen LogP contribution in [0.3, 0.4) is 0 Å². The van der Waals surface area contributed by atoms with Crippen molar-refractivity contribution < 1.29 is 9.18 Å². The molecular formula is C27H23FN4OS. The Hall–Kier alpha value is -3.84. The molecule has 0 radical (unpaired) electrons. The zero-order valence-electron chi connectivity index (χ0n) is 18.4. The summed E-state index contributed by atoms with van der Waals surface area (Å²) < 4.78 is 15.8. The van der Waals surface area contributed by atoms with E-state index in [1.165, 1.54) is 17.4 Å². The quantitative estimate of drug-likeness (QED) is 0.327. The topological polar surface area (TPSA) is 59.3 Å². The van der Waals surface area contributed by atoms with Crippen LogP contribution in [0.1, 0.15) is 29.2 Å². The second-order valence-corrected chi connectivity index (χ2v) is 8.85. The van der Waals surface area contributed by atoms with Crippen LogP contribution in [-0.2, 0) is 11.2 Å². The highest BCUT2D eigenvalue weighted by Gasteiger charge is 2.18. The summed E-state index contributed by atoms with van der Waals surface area (Å²) in [5, 5.41) is 9.52. The minimum atomic E-state index is -0.346. The minimum absolute atomic E-state index is 0.00480. The number of benzene rings is 3. The van der Waals surface area contributed by atoms with Gasteiger partial charge in [-0.25, -0.2) is 8.91 Å². The van der Waals surface area contributed by atoms with Crippen LogP contribution >= 0.6 is 11.3 Å². The fraction of sp³-hybridized carbons (Fsp3) is 0.148. The molecule has 0 aliphatic heterocycles. The molecule has 0 aliphatic rings. The molecule has 0 saturated carbocycles. The van der Waals surface area contributed by atoms with Crippen molar-refractivity contribution in [3.8, 4) is 11.4 Å². The van der Waals surface area contributed by atoms with Gasteiger partial charge in [0.15, 0.2) is 5.82 Å². The van der Waals surface area contributed by atoms with Crippen molar-refractivity contribution in [1.29, 1.82) is 0 Å². The smallest absolute Gasteiger partial charge is 0.220 e. The Morgan fingerprint density at radius 2 is 1.59 bits per heavy atom. The number of nitrogens with zero attached hydrogens (tertiary/aromatic N) is 3. The lowest BCUT2D eigenvalue weighted by Crippen LogP contribution is -2.27. The van der Waals surface area contributed by atoms with Crippen molar-refractivity contribution in [2.75, 3.05) is 6.54 Å². The Bertz CT molecular complexity index is 1360. The van der Waals surface area contributed by atoms with Crippen molar-refractivity contribution in [1.82, 2.24) is 19.9 Å². The summed E-state index contributed by atoms with van der Waals surface area (Å²) in [7, 11) is 0. The number of rotatable bonds is 8. The van der Waals surface area contributed by atoms with E-state index in [2.05, 4.69) is 39.7 Å². The third-order valence-corrected chi connectivity index (χ3v) is 6.63. The fourth-order valence-electron chi connectivity index (χ4n) is 4.04. The average molecular weight is 471 g/mol. The SMILES string of the molecule is O=C(CC(c1ccccc1)c1ccccc1)NCCc1csc2nc(-c3ccccc3F)nn12. The van der Waals surface area contributed by atoms with Gasteiger partial charge in [-0.3, -0.25) is 4.79 Å². The largest absolute Gasteiger partial charge is 0.356 e. The van der Waals surface area contributed by atoms with E-state index < -0.39 is 0 Å². The third-order valence-electron chi connectivity index (χ3n) is 5.76. The molecule has 7 heteroatoms. The molecule has 5 nitrogen and oxygen atoms in total. The molecule has 2 heterocycles. The molecule has 0 fully saturated rings. The van der Waals surface area contributed by atoms with E-state index in [0.717, 1.165) is 16.8 Å². The molecule has 1 N–H and O–H groups in total. The Morgan fingerprint density at radius 3 is 2.26 bits per heavy atom. The molecule has 5 rings (SSSR count). The van der Waals surface area contributed by atoms with Crippen LogP contribution in [0.2, 0.25) is 0 Å². The number of hydrogen-bond donors (Lipinski definition) is 1. The molecule has 0 saturated heterocycles. The Balaban J connectivity index is 1.25. The van der Waals surface area contributed by atoms with Gasteiger partial charge in [-0.05, 0) is 23.3 Å². The summed E-state index contributed by atoms with van der Waals surface area (Å²) in [6, 6.07) is 26.7. The first-order valence-electron chi connectivity index (χ1n) is 11.1. The van der Waals surface area contributed by atoms with Gasteiger partial charge in [-0.2, -0.15) is 4.98 Å². The number of hydrogen-bond acceptors (Lipinski definition) is 4. The van der Waals surface area contributed by atoms with Crippen molar-refractivity contribution >= 4 is 22.2 Å². The van der Waals surface area contributed by atoms with Gasteiger partial charge in [0.1, 0.15) is 5.82 Å². The van der Waals surface area contributed by atoms with E-state index in [9.17, 15) is 9.18 Å². The highest BCUT2D eigenvalue weighted by atomic mass is 32.1. The first-order chi connectivity index (χ1) is 16.7. The molecule has 34 heavy (non-hydrogen) atoms. The number of fused-ring (bicyclic) bond motifs is 1. The van der Waals surface area contributed by atoms with Gasteiger partial charge < -0.3 is 5.32 Å². The number of carbonyl (C=O) groups is 1.